The molecular weight excluding hydrogens is 514 g/mol. The Morgan fingerprint density at radius 2 is 1.74 bits per heavy atom. The molecule has 1 atom stereocenters. The van der Waals surface area contributed by atoms with Crippen molar-refractivity contribution in [1.29, 1.82) is 0 Å². The summed E-state index contributed by atoms with van der Waals surface area (Å²) in [6, 6.07) is 5.93. The van der Waals surface area contributed by atoms with Gasteiger partial charge in [-0.05, 0) is 52.0 Å². The van der Waals surface area contributed by atoms with Gasteiger partial charge in [0.05, 0.1) is 28.9 Å². The average Bonchev–Trinajstić information content (AvgIpc) is 3.15. The predicted molar refractivity (Wildman–Crippen MR) is 136 cm³/mol. The monoisotopic (exact) mass is 541 g/mol. The molecule has 0 unspecified atom stereocenters. The smallest absolute Gasteiger partial charge is 0.194 e. The number of rotatable bonds is 7. The summed E-state index contributed by atoms with van der Waals surface area (Å²) in [6.45, 7) is 5.46. The van der Waals surface area contributed by atoms with Crippen LogP contribution in [0.5, 0.6) is 23.0 Å². The van der Waals surface area contributed by atoms with Gasteiger partial charge in [-0.2, -0.15) is 0 Å². The van der Waals surface area contributed by atoms with Gasteiger partial charge >= 0.3 is 0 Å². The molecule has 2 aliphatic rings. The standard InChI is InChI=1S/C27H27NO9S/c1-13-23(31)21(15(3)29)25-22(24(13)32)27(4)19(37-25)12-18(30)20(26(27)33)14(2)28-10-11-38(34,35)17-8-6-16(36-5)7-9-17/h6-9,12,28,31-32H,10-11H2,1-5H3/b20-14+/t27-/m0/s1. The number of Topliss-reactive ketones (excluding diaryl/α,β-unsaturated/α-hetero) is 2. The molecule has 0 radical (unpaired) electrons. The second-order valence-electron chi connectivity index (χ2n) is 9.31. The fourth-order valence-electron chi connectivity index (χ4n) is 4.72. The number of fused-ring (bicyclic) bond motifs is 3. The SMILES string of the molecule is COc1ccc(S(=O)(=O)CCN/C(C)=C2\C(=O)C=C3Oc4c(C(C)=O)c(O)c(C)c(O)c4[C@@]3(C)C2=O)cc1. The maximum Gasteiger partial charge on any atom is 0.194 e. The highest BCUT2D eigenvalue weighted by molar-refractivity contribution is 7.91. The molecule has 0 amide bonds. The molecule has 10 nitrogen and oxygen atoms in total. The zero-order valence-electron chi connectivity index (χ0n) is 21.5. The Kier molecular flexibility index (Phi) is 6.60. The van der Waals surface area contributed by atoms with Gasteiger partial charge < -0.3 is 25.0 Å². The molecule has 0 fully saturated rings. The quantitative estimate of drug-likeness (QED) is 0.270. The number of carbonyl (C=O) groups is 3. The van der Waals surface area contributed by atoms with E-state index in [1.54, 1.807) is 0 Å². The molecule has 0 saturated carbocycles. The first-order valence-electron chi connectivity index (χ1n) is 11.7. The van der Waals surface area contributed by atoms with Crippen LogP contribution in [0.2, 0.25) is 0 Å². The first kappa shape index (κ1) is 26.9. The van der Waals surface area contributed by atoms with E-state index in [9.17, 15) is 33.0 Å². The number of ether oxygens (including phenoxy) is 2. The van der Waals surface area contributed by atoms with Crippen LogP contribution in [0.25, 0.3) is 0 Å². The van der Waals surface area contributed by atoms with Crippen LogP contribution in [0.15, 0.2) is 52.3 Å². The van der Waals surface area contributed by atoms with Gasteiger partial charge in [0.1, 0.15) is 39.7 Å². The number of hydrogen-bond donors (Lipinski definition) is 3. The molecule has 0 spiro atoms. The van der Waals surface area contributed by atoms with Gasteiger partial charge in [0, 0.05) is 23.9 Å². The van der Waals surface area contributed by atoms with Crippen LogP contribution in [0.4, 0.5) is 0 Å². The number of ketones is 3. The van der Waals surface area contributed by atoms with Crippen LogP contribution in [0, 0.1) is 6.92 Å². The largest absolute Gasteiger partial charge is 0.507 e. The van der Waals surface area contributed by atoms with Crippen molar-refractivity contribution in [3.05, 3.63) is 64.1 Å². The minimum atomic E-state index is -3.66. The van der Waals surface area contributed by atoms with Crippen LogP contribution < -0.4 is 14.8 Å². The van der Waals surface area contributed by atoms with Crippen molar-refractivity contribution in [3.63, 3.8) is 0 Å². The maximum absolute atomic E-state index is 13.8. The second-order valence-corrected chi connectivity index (χ2v) is 11.4. The zero-order valence-corrected chi connectivity index (χ0v) is 22.3. The molecule has 1 heterocycles. The number of allylic oxidation sites excluding steroid dienone is 4. The number of phenols is 2. The highest BCUT2D eigenvalue weighted by atomic mass is 32.2. The summed E-state index contributed by atoms with van der Waals surface area (Å²) >= 11 is 0. The minimum absolute atomic E-state index is 0.00570. The Hall–Kier alpha value is -4.12. The number of methoxy groups -OCH3 is 1. The third kappa shape index (κ3) is 4.03. The van der Waals surface area contributed by atoms with Crippen molar-refractivity contribution in [2.24, 2.45) is 0 Å². The lowest BCUT2D eigenvalue weighted by molar-refractivity contribution is -0.123. The summed E-state index contributed by atoms with van der Waals surface area (Å²) in [6.07, 6.45) is 1.10. The molecule has 3 N–H and O–H groups in total. The van der Waals surface area contributed by atoms with Crippen molar-refractivity contribution in [2.45, 2.75) is 38.0 Å². The van der Waals surface area contributed by atoms with Gasteiger partial charge in [0.15, 0.2) is 27.2 Å². The molecule has 2 aromatic rings. The van der Waals surface area contributed by atoms with Crippen molar-refractivity contribution >= 4 is 27.2 Å². The number of aromatic hydroxyl groups is 2. The summed E-state index contributed by atoms with van der Waals surface area (Å²) in [5.41, 5.74) is -1.96. The summed E-state index contributed by atoms with van der Waals surface area (Å²) in [7, 11) is -2.19. The van der Waals surface area contributed by atoms with Crippen LogP contribution in [0.1, 0.15) is 42.3 Å². The van der Waals surface area contributed by atoms with E-state index in [2.05, 4.69) is 5.32 Å². The van der Waals surface area contributed by atoms with Crippen LogP contribution in [-0.4, -0.2) is 55.4 Å². The van der Waals surface area contributed by atoms with Crippen molar-refractivity contribution < 1.29 is 42.5 Å². The Bertz CT molecular complexity index is 1570. The van der Waals surface area contributed by atoms with Gasteiger partial charge in [-0.15, -0.1) is 0 Å². The van der Waals surface area contributed by atoms with Crippen LogP contribution >= 0.6 is 0 Å². The van der Waals surface area contributed by atoms with E-state index in [0.29, 0.717) is 5.75 Å². The number of benzene rings is 2. The van der Waals surface area contributed by atoms with E-state index in [-0.39, 0.29) is 56.7 Å². The number of sulfone groups is 1. The second kappa shape index (κ2) is 9.32. The van der Waals surface area contributed by atoms with Crippen molar-refractivity contribution in [1.82, 2.24) is 5.32 Å². The predicted octanol–water partition coefficient (Wildman–Crippen LogP) is 2.64. The Morgan fingerprint density at radius 1 is 1.11 bits per heavy atom. The molecule has 0 saturated heterocycles. The molecule has 38 heavy (non-hydrogen) atoms. The average molecular weight is 542 g/mol. The van der Waals surface area contributed by atoms with Gasteiger partial charge in [0.25, 0.3) is 0 Å². The first-order valence-corrected chi connectivity index (χ1v) is 13.3. The van der Waals surface area contributed by atoms with Crippen LogP contribution in [-0.2, 0) is 24.8 Å². The Labute approximate surface area is 219 Å². The fraction of sp³-hybridized carbons (Fsp3) is 0.296. The van der Waals surface area contributed by atoms with E-state index < -0.39 is 44.1 Å². The molecule has 0 aromatic heterocycles. The van der Waals surface area contributed by atoms with E-state index in [4.69, 9.17) is 9.47 Å². The molecule has 2 aromatic carbocycles. The van der Waals surface area contributed by atoms with Crippen molar-refractivity contribution in [2.75, 3.05) is 19.4 Å². The molecule has 200 valence electrons. The normalized spacial score (nSPS) is 19.8. The molecule has 1 aliphatic heterocycles. The summed E-state index contributed by atoms with van der Waals surface area (Å²) in [5, 5.41) is 24.2. The highest BCUT2D eigenvalue weighted by Crippen LogP contribution is 2.57. The maximum atomic E-state index is 13.8. The van der Waals surface area contributed by atoms with Crippen LogP contribution in [0.3, 0.4) is 0 Å². The van der Waals surface area contributed by atoms with Gasteiger partial charge in [-0.1, -0.05) is 0 Å². The Morgan fingerprint density at radius 3 is 2.32 bits per heavy atom. The van der Waals surface area contributed by atoms with E-state index in [1.807, 2.05) is 0 Å². The third-order valence-electron chi connectivity index (χ3n) is 6.94. The summed E-state index contributed by atoms with van der Waals surface area (Å²) in [4.78, 5) is 39.2. The lowest BCUT2D eigenvalue weighted by atomic mass is 9.70. The minimum Gasteiger partial charge on any atom is -0.507 e. The van der Waals surface area contributed by atoms with E-state index in [1.165, 1.54) is 59.1 Å². The molecule has 4 rings (SSSR count). The molecule has 11 heteroatoms. The highest BCUT2D eigenvalue weighted by Gasteiger charge is 2.56. The molecular formula is C27H27NO9S. The summed E-state index contributed by atoms with van der Waals surface area (Å²) in [5.74, 6) is -2.86. The summed E-state index contributed by atoms with van der Waals surface area (Å²) < 4.78 is 36.2. The van der Waals surface area contributed by atoms with E-state index >= 15 is 0 Å². The zero-order chi connectivity index (χ0) is 28.2. The lowest BCUT2D eigenvalue weighted by Crippen LogP contribution is -2.41. The first-order chi connectivity index (χ1) is 17.7. The molecule has 0 bridgehead atoms. The van der Waals surface area contributed by atoms with Crippen molar-refractivity contribution in [3.8, 4) is 23.0 Å². The Balaban J connectivity index is 1.67. The van der Waals surface area contributed by atoms with Gasteiger partial charge in [-0.3, -0.25) is 14.4 Å². The lowest BCUT2D eigenvalue weighted by Gasteiger charge is -2.29. The number of carbonyl (C=O) groups excluding carboxylic acids is 3. The number of hydrogen-bond acceptors (Lipinski definition) is 10. The third-order valence-corrected chi connectivity index (χ3v) is 8.67. The van der Waals surface area contributed by atoms with E-state index in [0.717, 1.165) is 6.08 Å². The van der Waals surface area contributed by atoms with Gasteiger partial charge in [0.2, 0.25) is 0 Å². The number of nitrogens with one attached hydrogen (secondary N) is 1. The molecule has 1 aliphatic carbocycles. The topological polar surface area (TPSA) is 156 Å². The number of phenolic OH excluding ortho intramolecular Hbond substituents is 2. The fourth-order valence-corrected chi connectivity index (χ4v) is 5.88. The van der Waals surface area contributed by atoms with Gasteiger partial charge in [-0.25, -0.2) is 8.42 Å².